The number of fused-ring (bicyclic) bond motifs is 1. The Morgan fingerprint density at radius 1 is 1.21 bits per heavy atom. The highest BCUT2D eigenvalue weighted by Crippen LogP contribution is 2.18. The summed E-state index contributed by atoms with van der Waals surface area (Å²) in [7, 11) is 0. The topological polar surface area (TPSA) is 128 Å². The second kappa shape index (κ2) is 9.03. The van der Waals surface area contributed by atoms with E-state index in [-0.39, 0.29) is 17.9 Å². The van der Waals surface area contributed by atoms with Crippen LogP contribution in [-0.2, 0) is 9.53 Å². The van der Waals surface area contributed by atoms with Gasteiger partial charge in [0.05, 0.1) is 11.0 Å². The number of nitrogens with one attached hydrogen (secondary N) is 2. The average Bonchev–Trinajstić information content (AvgIpc) is 3.15. The van der Waals surface area contributed by atoms with Crippen molar-refractivity contribution in [2.24, 2.45) is 0 Å². The summed E-state index contributed by atoms with van der Waals surface area (Å²) in [4.78, 5) is 31.0. The number of halogens is 1. The first-order valence-electron chi connectivity index (χ1n) is 8.44. The molecule has 0 unspecified atom stereocenters. The zero-order valence-corrected chi connectivity index (χ0v) is 16.6. The van der Waals surface area contributed by atoms with E-state index in [2.05, 4.69) is 31.2 Å². The van der Waals surface area contributed by atoms with E-state index in [0.717, 1.165) is 4.47 Å². The minimum absolute atomic E-state index is 0.132. The predicted molar refractivity (Wildman–Crippen MR) is 109 cm³/mol. The fraction of sp³-hybridized carbons (Fsp3) is 0.100. The third-order valence-corrected chi connectivity index (χ3v) is 4.42. The number of hydrogen-bond acceptors (Lipinski definition) is 6. The lowest BCUT2D eigenvalue weighted by Gasteiger charge is -2.07. The molecule has 0 saturated carbocycles. The van der Waals surface area contributed by atoms with E-state index in [1.54, 1.807) is 42.5 Å². The maximum Gasteiger partial charge on any atom is 0.325 e. The molecule has 0 atom stereocenters. The quantitative estimate of drug-likeness (QED) is 0.298. The molecule has 1 heterocycles. The van der Waals surface area contributed by atoms with Crippen LogP contribution in [0.15, 0.2) is 58.8 Å². The van der Waals surface area contributed by atoms with Gasteiger partial charge < -0.3 is 20.1 Å². The van der Waals surface area contributed by atoms with Crippen LogP contribution < -0.4 is 5.32 Å². The number of hydrogen-bond donors (Lipinski definition) is 3. The van der Waals surface area contributed by atoms with Gasteiger partial charge >= 0.3 is 5.97 Å². The molecule has 3 rings (SSSR count). The van der Waals surface area contributed by atoms with Gasteiger partial charge in [-0.3, -0.25) is 9.59 Å². The Kier molecular flexibility index (Phi) is 6.26. The zero-order chi connectivity index (χ0) is 20.8. The normalized spacial score (nSPS) is 11.4. The lowest BCUT2D eigenvalue weighted by atomic mass is 10.2. The predicted octanol–water partition coefficient (Wildman–Crippen LogP) is 3.09. The summed E-state index contributed by atoms with van der Waals surface area (Å²) in [5.74, 6) is -1.47. The molecule has 3 aromatic rings. The third kappa shape index (κ3) is 5.00. The second-order valence-corrected chi connectivity index (χ2v) is 6.80. The number of esters is 1. The van der Waals surface area contributed by atoms with Gasteiger partial charge in [0.1, 0.15) is 24.8 Å². The lowest BCUT2D eigenvalue weighted by Crippen LogP contribution is -2.30. The number of amides is 1. The molecule has 0 aliphatic heterocycles. The van der Waals surface area contributed by atoms with Crippen LogP contribution in [0.25, 0.3) is 16.6 Å². The summed E-state index contributed by atoms with van der Waals surface area (Å²) in [5, 5.41) is 21.9. The fourth-order valence-electron chi connectivity index (χ4n) is 2.45. The number of aromatic nitrogens is 2. The van der Waals surface area contributed by atoms with Gasteiger partial charge in [-0.25, -0.2) is 4.98 Å². The molecule has 8 nitrogen and oxygen atoms in total. The molecule has 146 valence electrons. The van der Waals surface area contributed by atoms with Gasteiger partial charge in [-0.1, -0.05) is 28.1 Å². The van der Waals surface area contributed by atoms with Crippen LogP contribution in [0.4, 0.5) is 0 Å². The summed E-state index contributed by atoms with van der Waals surface area (Å²) in [5.41, 5.74) is 1.60. The Labute approximate surface area is 174 Å². The molecule has 29 heavy (non-hydrogen) atoms. The highest BCUT2D eigenvalue weighted by Gasteiger charge is 2.15. The molecule has 0 spiro atoms. The van der Waals surface area contributed by atoms with Gasteiger partial charge in [-0.05, 0) is 36.4 Å². The van der Waals surface area contributed by atoms with Crippen molar-refractivity contribution in [1.29, 1.82) is 5.26 Å². The van der Waals surface area contributed by atoms with E-state index in [0.29, 0.717) is 16.6 Å². The van der Waals surface area contributed by atoms with Gasteiger partial charge in [0.25, 0.3) is 5.91 Å². The molecular weight excluding hydrogens is 440 g/mol. The first-order chi connectivity index (χ1) is 14.0. The van der Waals surface area contributed by atoms with Gasteiger partial charge in [-0.15, -0.1) is 0 Å². The van der Waals surface area contributed by atoms with Crippen LogP contribution in [0, 0.1) is 11.3 Å². The molecule has 0 radical (unpaired) electrons. The van der Waals surface area contributed by atoms with Crippen LogP contribution in [0.3, 0.4) is 0 Å². The average molecular weight is 455 g/mol. The minimum atomic E-state index is -0.760. The van der Waals surface area contributed by atoms with E-state index in [4.69, 9.17) is 4.74 Å². The van der Waals surface area contributed by atoms with Crippen molar-refractivity contribution >= 4 is 44.4 Å². The SMILES string of the molecule is N#C/C(=C(/O)COC(=O)CNC(=O)c1ccc(Br)cc1)c1nc2ccccc2[nH]1. The van der Waals surface area contributed by atoms with Crippen molar-refractivity contribution in [3.05, 3.63) is 70.2 Å². The zero-order valence-electron chi connectivity index (χ0n) is 15.0. The Bertz CT molecular complexity index is 1100. The number of aliphatic hydroxyl groups is 1. The molecule has 0 bridgehead atoms. The number of carbonyl (C=O) groups excluding carboxylic acids is 2. The van der Waals surface area contributed by atoms with Gasteiger partial charge in [0.2, 0.25) is 0 Å². The van der Waals surface area contributed by atoms with Crippen molar-refractivity contribution in [1.82, 2.24) is 15.3 Å². The number of para-hydroxylation sites is 2. The number of aromatic amines is 1. The van der Waals surface area contributed by atoms with Crippen molar-refractivity contribution < 1.29 is 19.4 Å². The van der Waals surface area contributed by atoms with Crippen molar-refractivity contribution in [2.75, 3.05) is 13.2 Å². The maximum atomic E-state index is 12.0. The number of benzene rings is 2. The van der Waals surface area contributed by atoms with Gasteiger partial charge in [-0.2, -0.15) is 5.26 Å². The van der Waals surface area contributed by atoms with Crippen LogP contribution in [0.2, 0.25) is 0 Å². The Morgan fingerprint density at radius 2 is 1.93 bits per heavy atom. The Hall–Kier alpha value is -3.64. The number of ether oxygens (including phenoxy) is 1. The number of allylic oxidation sites excluding steroid dienone is 1. The number of aliphatic hydroxyl groups excluding tert-OH is 1. The molecule has 2 aromatic carbocycles. The van der Waals surface area contributed by atoms with Crippen LogP contribution in [-0.4, -0.2) is 40.1 Å². The fourth-order valence-corrected chi connectivity index (χ4v) is 2.72. The largest absolute Gasteiger partial charge is 0.507 e. The Morgan fingerprint density at radius 3 is 2.62 bits per heavy atom. The van der Waals surface area contributed by atoms with Gasteiger partial charge in [0, 0.05) is 10.0 Å². The first-order valence-corrected chi connectivity index (χ1v) is 9.24. The maximum absolute atomic E-state index is 12.0. The molecule has 3 N–H and O–H groups in total. The summed E-state index contributed by atoms with van der Waals surface area (Å²) >= 11 is 3.27. The molecule has 0 aliphatic rings. The monoisotopic (exact) mass is 454 g/mol. The standard InChI is InChI=1S/C20H15BrN4O4/c21-13-7-5-12(6-8-13)20(28)23-10-18(27)29-11-17(26)14(9-22)19-24-15-3-1-2-4-16(15)25-19/h1-8,26H,10-11H2,(H,23,28)(H,24,25)/b17-14-. The van der Waals surface area contributed by atoms with E-state index in [9.17, 15) is 20.0 Å². The van der Waals surface area contributed by atoms with E-state index < -0.39 is 24.2 Å². The molecule has 0 fully saturated rings. The van der Waals surface area contributed by atoms with Crippen molar-refractivity contribution in [3.63, 3.8) is 0 Å². The molecule has 0 aliphatic carbocycles. The molecule has 0 saturated heterocycles. The Balaban J connectivity index is 1.58. The molecule has 9 heteroatoms. The van der Waals surface area contributed by atoms with Gasteiger partial charge in [0.15, 0.2) is 11.6 Å². The lowest BCUT2D eigenvalue weighted by molar-refractivity contribution is -0.142. The second-order valence-electron chi connectivity index (χ2n) is 5.89. The summed E-state index contributed by atoms with van der Waals surface area (Å²) in [6.07, 6.45) is 0. The third-order valence-electron chi connectivity index (χ3n) is 3.90. The van der Waals surface area contributed by atoms with Crippen LogP contribution in [0.1, 0.15) is 16.2 Å². The van der Waals surface area contributed by atoms with Crippen LogP contribution in [0.5, 0.6) is 0 Å². The summed E-state index contributed by atoms with van der Waals surface area (Å²) < 4.78 is 5.75. The number of nitriles is 1. The highest BCUT2D eigenvalue weighted by atomic mass is 79.9. The summed E-state index contributed by atoms with van der Waals surface area (Å²) in [6.45, 7) is -0.901. The number of imidazole rings is 1. The van der Waals surface area contributed by atoms with Crippen molar-refractivity contribution in [3.8, 4) is 6.07 Å². The van der Waals surface area contributed by atoms with Crippen molar-refractivity contribution in [2.45, 2.75) is 0 Å². The molecule has 1 aromatic heterocycles. The van der Waals surface area contributed by atoms with E-state index >= 15 is 0 Å². The summed E-state index contributed by atoms with van der Waals surface area (Å²) in [6, 6.07) is 15.6. The van der Waals surface area contributed by atoms with E-state index in [1.807, 2.05) is 12.1 Å². The number of rotatable bonds is 6. The van der Waals surface area contributed by atoms with E-state index in [1.165, 1.54) is 0 Å². The number of H-pyrrole nitrogens is 1. The number of nitrogens with zero attached hydrogens (tertiary/aromatic N) is 2. The van der Waals surface area contributed by atoms with Crippen LogP contribution >= 0.6 is 15.9 Å². The number of carbonyl (C=O) groups is 2. The highest BCUT2D eigenvalue weighted by molar-refractivity contribution is 9.10. The first kappa shape index (κ1) is 20.1. The minimum Gasteiger partial charge on any atom is -0.507 e. The molecular formula is C20H15BrN4O4. The smallest absolute Gasteiger partial charge is 0.325 e. The molecule has 1 amide bonds.